The zero-order valence-electron chi connectivity index (χ0n) is 10.3. The predicted octanol–water partition coefficient (Wildman–Crippen LogP) is 2.19. The van der Waals surface area contributed by atoms with Crippen LogP contribution in [0.1, 0.15) is 21.5 Å². The average molecular weight is 242 g/mol. The SMILES string of the molecule is Cc1cc(C)cc(NC(=O)c2ccc[n+]([O-])c2)c1. The fourth-order valence-electron chi connectivity index (χ4n) is 1.84. The molecule has 4 nitrogen and oxygen atoms in total. The summed E-state index contributed by atoms with van der Waals surface area (Å²) in [4.78, 5) is 11.9. The monoisotopic (exact) mass is 242 g/mol. The highest BCUT2D eigenvalue weighted by Gasteiger charge is 2.09. The zero-order valence-corrected chi connectivity index (χ0v) is 10.3. The number of carbonyl (C=O) groups is 1. The first-order valence-electron chi connectivity index (χ1n) is 5.63. The molecule has 0 fully saturated rings. The fraction of sp³-hybridized carbons (Fsp3) is 0.143. The Morgan fingerprint density at radius 3 is 2.50 bits per heavy atom. The number of amides is 1. The largest absolute Gasteiger partial charge is 0.619 e. The summed E-state index contributed by atoms with van der Waals surface area (Å²) in [5.74, 6) is -0.287. The van der Waals surface area contributed by atoms with E-state index in [-0.39, 0.29) is 5.91 Å². The molecule has 1 N–H and O–H groups in total. The molecule has 0 aliphatic carbocycles. The van der Waals surface area contributed by atoms with Crippen LogP contribution in [0.2, 0.25) is 0 Å². The number of nitrogens with zero attached hydrogens (tertiary/aromatic N) is 1. The van der Waals surface area contributed by atoms with Gasteiger partial charge in [-0.1, -0.05) is 6.07 Å². The number of rotatable bonds is 2. The first-order valence-corrected chi connectivity index (χ1v) is 5.63. The van der Waals surface area contributed by atoms with Crippen LogP contribution < -0.4 is 10.0 Å². The van der Waals surface area contributed by atoms with Gasteiger partial charge in [0.25, 0.3) is 5.91 Å². The maximum Gasteiger partial charge on any atom is 0.261 e. The molecular formula is C14H14N2O2. The maximum atomic E-state index is 11.9. The third kappa shape index (κ3) is 2.85. The topological polar surface area (TPSA) is 56.0 Å². The number of carbonyl (C=O) groups excluding carboxylic acids is 1. The van der Waals surface area contributed by atoms with Gasteiger partial charge in [0.2, 0.25) is 0 Å². The molecule has 0 unspecified atom stereocenters. The van der Waals surface area contributed by atoms with Crippen LogP contribution in [0.5, 0.6) is 0 Å². The smallest absolute Gasteiger partial charge is 0.261 e. The molecule has 0 bridgehead atoms. The van der Waals surface area contributed by atoms with Crippen molar-refractivity contribution in [3.63, 3.8) is 0 Å². The highest BCUT2D eigenvalue weighted by atomic mass is 16.5. The molecule has 0 saturated heterocycles. The highest BCUT2D eigenvalue weighted by molar-refractivity contribution is 6.03. The van der Waals surface area contributed by atoms with Crippen molar-refractivity contribution in [1.29, 1.82) is 0 Å². The molecule has 2 rings (SSSR count). The average Bonchev–Trinajstić information content (AvgIpc) is 2.27. The standard InChI is InChI=1S/C14H14N2O2/c1-10-6-11(2)8-13(7-10)15-14(17)12-4-3-5-16(18)9-12/h3-9H,1-2H3,(H,15,17). The van der Waals surface area contributed by atoms with Crippen molar-refractivity contribution >= 4 is 11.6 Å². The summed E-state index contributed by atoms with van der Waals surface area (Å²) in [7, 11) is 0. The van der Waals surface area contributed by atoms with Crippen LogP contribution in [0.15, 0.2) is 42.7 Å². The normalized spacial score (nSPS) is 10.1. The predicted molar refractivity (Wildman–Crippen MR) is 69.3 cm³/mol. The van der Waals surface area contributed by atoms with Crippen molar-refractivity contribution in [2.45, 2.75) is 13.8 Å². The van der Waals surface area contributed by atoms with Crippen molar-refractivity contribution in [2.75, 3.05) is 5.32 Å². The Kier molecular flexibility index (Phi) is 3.28. The number of pyridine rings is 1. The van der Waals surface area contributed by atoms with Gasteiger partial charge in [0.05, 0.1) is 0 Å². The molecule has 4 heteroatoms. The number of hydrogen-bond donors (Lipinski definition) is 1. The van der Waals surface area contributed by atoms with Crippen molar-refractivity contribution in [2.24, 2.45) is 0 Å². The van der Waals surface area contributed by atoms with Crippen LogP contribution in [0.4, 0.5) is 5.69 Å². The quantitative estimate of drug-likeness (QED) is 0.648. The minimum absolute atomic E-state index is 0.287. The van der Waals surface area contributed by atoms with Crippen LogP contribution >= 0.6 is 0 Å². The van der Waals surface area contributed by atoms with Crippen LogP contribution in [-0.4, -0.2) is 5.91 Å². The molecule has 1 heterocycles. The molecule has 0 spiro atoms. The molecule has 18 heavy (non-hydrogen) atoms. The van der Waals surface area contributed by atoms with Crippen LogP contribution in [0.25, 0.3) is 0 Å². The van der Waals surface area contributed by atoms with Crippen molar-refractivity contribution in [3.05, 3.63) is 64.6 Å². The fourth-order valence-corrected chi connectivity index (χ4v) is 1.84. The Labute approximate surface area is 105 Å². The third-order valence-corrected chi connectivity index (χ3v) is 2.52. The van der Waals surface area contributed by atoms with E-state index in [2.05, 4.69) is 5.32 Å². The summed E-state index contributed by atoms with van der Waals surface area (Å²) in [6, 6.07) is 8.96. The lowest BCUT2D eigenvalue weighted by Crippen LogP contribution is -2.27. The van der Waals surface area contributed by atoms with Gasteiger partial charge in [-0.25, -0.2) is 0 Å². The van der Waals surface area contributed by atoms with Gasteiger partial charge in [-0.3, -0.25) is 4.79 Å². The summed E-state index contributed by atoms with van der Waals surface area (Å²) in [6.07, 6.45) is 2.59. The Morgan fingerprint density at radius 2 is 1.89 bits per heavy atom. The summed E-state index contributed by atoms with van der Waals surface area (Å²) < 4.78 is 0.608. The first-order chi connectivity index (χ1) is 8.54. The number of anilines is 1. The second-order valence-electron chi connectivity index (χ2n) is 4.28. The molecule has 0 radical (unpaired) electrons. The first kappa shape index (κ1) is 12.1. The van der Waals surface area contributed by atoms with Crippen molar-refractivity contribution in [3.8, 4) is 0 Å². The lowest BCUT2D eigenvalue weighted by molar-refractivity contribution is -0.605. The van der Waals surface area contributed by atoms with E-state index in [1.165, 1.54) is 12.4 Å². The van der Waals surface area contributed by atoms with Gasteiger partial charge >= 0.3 is 0 Å². The van der Waals surface area contributed by atoms with Gasteiger partial charge in [-0.05, 0) is 43.2 Å². The molecule has 1 amide bonds. The molecule has 1 aromatic heterocycles. The van der Waals surface area contributed by atoms with Crippen molar-refractivity contribution in [1.82, 2.24) is 0 Å². The van der Waals surface area contributed by atoms with E-state index in [4.69, 9.17) is 0 Å². The summed E-state index contributed by atoms with van der Waals surface area (Å²) >= 11 is 0. The molecule has 0 aliphatic heterocycles. The Balaban J connectivity index is 2.21. The molecule has 0 atom stereocenters. The molecular weight excluding hydrogens is 228 g/mol. The second kappa shape index (κ2) is 4.87. The lowest BCUT2D eigenvalue weighted by Gasteiger charge is -2.07. The lowest BCUT2D eigenvalue weighted by atomic mass is 10.1. The summed E-state index contributed by atoms with van der Waals surface area (Å²) in [6.45, 7) is 3.94. The van der Waals surface area contributed by atoms with Gasteiger partial charge in [0.15, 0.2) is 12.4 Å². The van der Waals surface area contributed by atoms with Crippen LogP contribution in [0.3, 0.4) is 0 Å². The molecule has 92 valence electrons. The summed E-state index contributed by atoms with van der Waals surface area (Å²) in [5.41, 5.74) is 3.24. The second-order valence-corrected chi connectivity index (χ2v) is 4.28. The molecule has 2 aromatic rings. The van der Waals surface area contributed by atoms with E-state index in [1.807, 2.05) is 32.0 Å². The van der Waals surface area contributed by atoms with Gasteiger partial charge in [0.1, 0.15) is 5.56 Å². The minimum Gasteiger partial charge on any atom is -0.619 e. The van der Waals surface area contributed by atoms with Gasteiger partial charge in [-0.15, -0.1) is 0 Å². The van der Waals surface area contributed by atoms with Gasteiger partial charge in [0, 0.05) is 11.8 Å². The molecule has 0 saturated carbocycles. The number of aromatic nitrogens is 1. The van der Waals surface area contributed by atoms with Gasteiger partial charge in [-0.2, -0.15) is 4.73 Å². The van der Waals surface area contributed by atoms with Crippen LogP contribution in [0, 0.1) is 19.1 Å². The van der Waals surface area contributed by atoms with E-state index < -0.39 is 0 Å². The van der Waals surface area contributed by atoms with Gasteiger partial charge < -0.3 is 10.5 Å². The van der Waals surface area contributed by atoms with Crippen LogP contribution in [-0.2, 0) is 0 Å². The summed E-state index contributed by atoms with van der Waals surface area (Å²) in [5, 5.41) is 13.9. The zero-order chi connectivity index (χ0) is 13.1. The van der Waals surface area contributed by atoms with Crippen molar-refractivity contribution < 1.29 is 9.52 Å². The maximum absolute atomic E-state index is 11.9. The Morgan fingerprint density at radius 1 is 1.22 bits per heavy atom. The highest BCUT2D eigenvalue weighted by Crippen LogP contribution is 2.14. The third-order valence-electron chi connectivity index (χ3n) is 2.52. The minimum atomic E-state index is -0.287. The number of hydrogen-bond acceptors (Lipinski definition) is 2. The Bertz CT molecular complexity index is 574. The number of benzene rings is 1. The van der Waals surface area contributed by atoms with E-state index in [0.717, 1.165) is 16.8 Å². The Hall–Kier alpha value is -2.36. The molecule has 0 aliphatic rings. The molecule has 1 aromatic carbocycles. The van der Waals surface area contributed by atoms with E-state index in [1.54, 1.807) is 12.1 Å². The van der Waals surface area contributed by atoms with E-state index in [0.29, 0.717) is 10.3 Å². The van der Waals surface area contributed by atoms with E-state index >= 15 is 0 Å². The van der Waals surface area contributed by atoms with E-state index in [9.17, 15) is 10.0 Å². The number of nitrogens with one attached hydrogen (secondary N) is 1. The number of aryl methyl sites for hydroxylation is 2.